The molecule has 0 bridgehead atoms. The van der Waals surface area contributed by atoms with Gasteiger partial charge >= 0.3 is 0 Å². The largest absolute Gasteiger partial charge is 0.368 e. The minimum atomic E-state index is 0.540. The van der Waals surface area contributed by atoms with E-state index in [1.165, 1.54) is 36.2 Å². The first kappa shape index (κ1) is 15.4. The number of rotatable bonds is 4. The monoisotopic (exact) mass is 274 g/mol. The van der Waals surface area contributed by atoms with Crippen molar-refractivity contribution < 1.29 is 0 Å². The predicted molar refractivity (Wildman–Crippen MR) is 88.4 cm³/mol. The molecule has 1 N–H and O–H groups in total. The number of aryl methyl sites for hydroxylation is 1. The van der Waals surface area contributed by atoms with Gasteiger partial charge in [0.1, 0.15) is 0 Å². The highest BCUT2D eigenvalue weighted by molar-refractivity contribution is 5.55. The van der Waals surface area contributed by atoms with Crippen LogP contribution in [0.5, 0.6) is 0 Å². The Bertz CT molecular complexity index is 439. The molecule has 0 amide bonds. The van der Waals surface area contributed by atoms with Gasteiger partial charge in [-0.3, -0.25) is 0 Å². The lowest BCUT2D eigenvalue weighted by atomic mass is 9.91. The molecule has 2 heteroatoms. The number of hydrogen-bond acceptors (Lipinski definition) is 2. The van der Waals surface area contributed by atoms with Gasteiger partial charge in [0.15, 0.2) is 0 Å². The maximum atomic E-state index is 3.49. The molecule has 1 saturated heterocycles. The highest BCUT2D eigenvalue weighted by atomic mass is 15.2. The minimum absolute atomic E-state index is 0.540. The molecular weight excluding hydrogens is 244 g/mol. The summed E-state index contributed by atoms with van der Waals surface area (Å²) >= 11 is 0. The van der Waals surface area contributed by atoms with Gasteiger partial charge < -0.3 is 10.2 Å². The van der Waals surface area contributed by atoms with Gasteiger partial charge in [-0.05, 0) is 49.8 Å². The first-order chi connectivity index (χ1) is 9.49. The van der Waals surface area contributed by atoms with Crippen molar-refractivity contribution in [3.05, 3.63) is 29.3 Å². The summed E-state index contributed by atoms with van der Waals surface area (Å²) in [6.07, 6.45) is 2.69. The van der Waals surface area contributed by atoms with E-state index in [0.29, 0.717) is 12.1 Å². The number of nitrogens with zero attached hydrogens (tertiary/aromatic N) is 1. The lowest BCUT2D eigenvalue weighted by molar-refractivity contribution is 0.363. The van der Waals surface area contributed by atoms with Crippen LogP contribution in [0.15, 0.2) is 18.2 Å². The van der Waals surface area contributed by atoms with Gasteiger partial charge in [0.25, 0.3) is 0 Å². The second-order valence-electron chi connectivity index (χ2n) is 6.71. The zero-order valence-corrected chi connectivity index (χ0v) is 13.7. The fraction of sp³-hybridized carbons (Fsp3) is 0.667. The van der Waals surface area contributed by atoms with Crippen molar-refractivity contribution in [3.63, 3.8) is 0 Å². The Hall–Kier alpha value is -1.02. The van der Waals surface area contributed by atoms with E-state index >= 15 is 0 Å². The van der Waals surface area contributed by atoms with Gasteiger partial charge in [0.2, 0.25) is 0 Å². The molecule has 1 heterocycles. The van der Waals surface area contributed by atoms with Crippen molar-refractivity contribution in [2.45, 2.75) is 66.1 Å². The molecule has 1 aliphatic heterocycles. The highest BCUT2D eigenvalue weighted by Gasteiger charge is 2.25. The van der Waals surface area contributed by atoms with E-state index in [2.05, 4.69) is 63.0 Å². The summed E-state index contributed by atoms with van der Waals surface area (Å²) in [4.78, 5) is 2.60. The minimum Gasteiger partial charge on any atom is -0.368 e. The number of hydrogen-bond donors (Lipinski definition) is 1. The van der Waals surface area contributed by atoms with E-state index in [0.717, 1.165) is 12.5 Å². The molecule has 1 aromatic rings. The smallest absolute Gasteiger partial charge is 0.0398 e. The maximum Gasteiger partial charge on any atom is 0.0398 e. The Kier molecular flexibility index (Phi) is 5.09. The fourth-order valence-corrected chi connectivity index (χ4v) is 3.15. The number of anilines is 1. The van der Waals surface area contributed by atoms with Crippen LogP contribution in [0.3, 0.4) is 0 Å². The number of benzene rings is 1. The van der Waals surface area contributed by atoms with Crippen LogP contribution in [0, 0.1) is 12.8 Å². The first-order valence-electron chi connectivity index (χ1n) is 8.08. The third kappa shape index (κ3) is 3.54. The van der Waals surface area contributed by atoms with Crippen molar-refractivity contribution >= 4 is 5.69 Å². The van der Waals surface area contributed by atoms with Crippen LogP contribution in [0.25, 0.3) is 0 Å². The van der Waals surface area contributed by atoms with Crippen molar-refractivity contribution in [2.75, 3.05) is 11.4 Å². The quantitative estimate of drug-likeness (QED) is 0.888. The van der Waals surface area contributed by atoms with E-state index in [1.54, 1.807) is 0 Å². The fourth-order valence-electron chi connectivity index (χ4n) is 3.15. The summed E-state index contributed by atoms with van der Waals surface area (Å²) in [6.45, 7) is 13.6. The average molecular weight is 274 g/mol. The summed E-state index contributed by atoms with van der Waals surface area (Å²) in [5, 5.41) is 3.49. The van der Waals surface area contributed by atoms with Gasteiger partial charge in [-0.15, -0.1) is 0 Å². The van der Waals surface area contributed by atoms with Gasteiger partial charge in [0.05, 0.1) is 0 Å². The van der Waals surface area contributed by atoms with E-state index in [-0.39, 0.29) is 0 Å². The topological polar surface area (TPSA) is 15.3 Å². The summed E-state index contributed by atoms with van der Waals surface area (Å²) in [5.41, 5.74) is 4.23. The molecule has 0 saturated carbocycles. The summed E-state index contributed by atoms with van der Waals surface area (Å²) in [7, 11) is 0. The Labute approximate surface area is 124 Å². The SMILES string of the molecule is Cc1cc(CNC(C)C)ccc1N1CCCC(C)C1C. The second-order valence-corrected chi connectivity index (χ2v) is 6.71. The molecule has 112 valence electrons. The zero-order chi connectivity index (χ0) is 14.7. The van der Waals surface area contributed by atoms with Crippen LogP contribution >= 0.6 is 0 Å². The molecule has 1 fully saturated rings. The van der Waals surface area contributed by atoms with Crippen molar-refractivity contribution in [2.24, 2.45) is 5.92 Å². The molecule has 2 unspecified atom stereocenters. The molecule has 2 atom stereocenters. The molecule has 0 aromatic heterocycles. The molecule has 20 heavy (non-hydrogen) atoms. The second kappa shape index (κ2) is 6.62. The van der Waals surface area contributed by atoms with Gasteiger partial charge in [-0.2, -0.15) is 0 Å². The molecule has 0 radical (unpaired) electrons. The number of nitrogens with one attached hydrogen (secondary N) is 1. The highest BCUT2D eigenvalue weighted by Crippen LogP contribution is 2.31. The van der Waals surface area contributed by atoms with Crippen LogP contribution in [0.1, 0.15) is 51.7 Å². The average Bonchev–Trinajstić information content (AvgIpc) is 2.40. The lowest BCUT2D eigenvalue weighted by Crippen LogP contribution is -2.42. The Morgan fingerprint density at radius 3 is 2.70 bits per heavy atom. The summed E-state index contributed by atoms with van der Waals surface area (Å²) in [5.74, 6) is 0.797. The van der Waals surface area contributed by atoms with Gasteiger partial charge in [0, 0.05) is 30.9 Å². The van der Waals surface area contributed by atoms with E-state index in [1.807, 2.05) is 0 Å². The van der Waals surface area contributed by atoms with E-state index in [9.17, 15) is 0 Å². The third-order valence-electron chi connectivity index (χ3n) is 4.66. The zero-order valence-electron chi connectivity index (χ0n) is 13.7. The molecular formula is C18H30N2. The molecule has 2 rings (SSSR count). The third-order valence-corrected chi connectivity index (χ3v) is 4.66. The van der Waals surface area contributed by atoms with Gasteiger partial charge in [-0.1, -0.05) is 32.9 Å². The van der Waals surface area contributed by atoms with Crippen LogP contribution in [0.4, 0.5) is 5.69 Å². The lowest BCUT2D eigenvalue weighted by Gasteiger charge is -2.40. The van der Waals surface area contributed by atoms with Crippen LogP contribution in [-0.4, -0.2) is 18.6 Å². The Morgan fingerprint density at radius 1 is 1.30 bits per heavy atom. The molecule has 0 aliphatic carbocycles. The first-order valence-corrected chi connectivity index (χ1v) is 8.08. The van der Waals surface area contributed by atoms with Crippen LogP contribution in [0.2, 0.25) is 0 Å². The normalized spacial score (nSPS) is 23.4. The van der Waals surface area contributed by atoms with Crippen LogP contribution < -0.4 is 10.2 Å². The standard InChI is InChI=1S/C18H30N2/c1-13(2)19-12-17-8-9-18(15(4)11-17)20-10-6-7-14(3)16(20)5/h8-9,11,13-14,16,19H,6-7,10,12H2,1-5H3. The van der Waals surface area contributed by atoms with Crippen molar-refractivity contribution in [1.82, 2.24) is 5.32 Å². The summed E-state index contributed by atoms with van der Waals surface area (Å²) in [6, 6.07) is 8.14. The van der Waals surface area contributed by atoms with E-state index < -0.39 is 0 Å². The van der Waals surface area contributed by atoms with Crippen LogP contribution in [-0.2, 0) is 6.54 Å². The molecule has 1 aromatic carbocycles. The van der Waals surface area contributed by atoms with Gasteiger partial charge in [-0.25, -0.2) is 0 Å². The van der Waals surface area contributed by atoms with Crippen molar-refractivity contribution in [3.8, 4) is 0 Å². The molecule has 1 aliphatic rings. The molecule has 2 nitrogen and oxygen atoms in total. The van der Waals surface area contributed by atoms with E-state index in [4.69, 9.17) is 0 Å². The number of piperidine rings is 1. The molecule has 0 spiro atoms. The maximum absolute atomic E-state index is 3.49. The summed E-state index contributed by atoms with van der Waals surface area (Å²) < 4.78 is 0. The van der Waals surface area contributed by atoms with Crippen molar-refractivity contribution in [1.29, 1.82) is 0 Å². The Balaban J connectivity index is 2.12. The Morgan fingerprint density at radius 2 is 2.05 bits per heavy atom. The predicted octanol–water partition coefficient (Wildman–Crippen LogP) is 4.12.